The van der Waals surface area contributed by atoms with Crippen molar-refractivity contribution in [1.29, 1.82) is 5.26 Å². The molecule has 2 fully saturated rings. The molecule has 0 radical (unpaired) electrons. The fourth-order valence-corrected chi connectivity index (χ4v) is 2.96. The van der Waals surface area contributed by atoms with Crippen LogP contribution in [0.25, 0.3) is 0 Å². The summed E-state index contributed by atoms with van der Waals surface area (Å²) in [5.74, 6) is 0. The van der Waals surface area contributed by atoms with E-state index in [1.165, 1.54) is 58.4 Å². The van der Waals surface area contributed by atoms with Gasteiger partial charge in [-0.3, -0.25) is 4.90 Å². The third-order valence-corrected chi connectivity index (χ3v) is 3.92. The maximum atomic E-state index is 8.47. The van der Waals surface area contributed by atoms with E-state index < -0.39 is 0 Å². The van der Waals surface area contributed by atoms with E-state index in [0.717, 1.165) is 18.9 Å². The number of hydrogen-bond donors (Lipinski definition) is 0. The van der Waals surface area contributed by atoms with Crippen LogP contribution in [-0.4, -0.2) is 48.6 Å². The van der Waals surface area contributed by atoms with Crippen molar-refractivity contribution in [2.75, 3.05) is 32.7 Å². The normalized spacial score (nSPS) is 27.3. The number of rotatable bonds is 5. The van der Waals surface area contributed by atoms with E-state index in [1.54, 1.807) is 0 Å². The van der Waals surface area contributed by atoms with Gasteiger partial charge in [0.05, 0.1) is 6.07 Å². The lowest BCUT2D eigenvalue weighted by molar-refractivity contribution is 0.231. The third kappa shape index (κ3) is 3.20. The summed E-state index contributed by atoms with van der Waals surface area (Å²) < 4.78 is 0. The van der Waals surface area contributed by atoms with Gasteiger partial charge in [-0.15, -0.1) is 0 Å². The van der Waals surface area contributed by atoms with Crippen molar-refractivity contribution in [3.8, 4) is 6.07 Å². The molecule has 2 heterocycles. The molecule has 2 saturated heterocycles. The van der Waals surface area contributed by atoms with Crippen LogP contribution in [0.2, 0.25) is 0 Å². The first-order valence-electron chi connectivity index (χ1n) is 6.73. The average molecular weight is 221 g/mol. The van der Waals surface area contributed by atoms with Gasteiger partial charge >= 0.3 is 0 Å². The molecule has 3 heteroatoms. The minimum Gasteiger partial charge on any atom is -0.302 e. The molecule has 16 heavy (non-hydrogen) atoms. The Balaban J connectivity index is 1.61. The highest BCUT2D eigenvalue weighted by Crippen LogP contribution is 2.20. The van der Waals surface area contributed by atoms with Crippen LogP contribution in [-0.2, 0) is 0 Å². The maximum Gasteiger partial charge on any atom is 0.0621 e. The highest BCUT2D eigenvalue weighted by Gasteiger charge is 2.28. The second kappa shape index (κ2) is 6.22. The Morgan fingerprint density at radius 1 is 1.12 bits per heavy atom. The van der Waals surface area contributed by atoms with Crippen molar-refractivity contribution >= 4 is 0 Å². The van der Waals surface area contributed by atoms with Gasteiger partial charge in [0.15, 0.2) is 0 Å². The second-order valence-electron chi connectivity index (χ2n) is 5.10. The van der Waals surface area contributed by atoms with Crippen molar-refractivity contribution in [1.82, 2.24) is 9.80 Å². The molecule has 2 rings (SSSR count). The molecule has 0 aromatic rings. The van der Waals surface area contributed by atoms with Crippen LogP contribution in [0.15, 0.2) is 0 Å². The van der Waals surface area contributed by atoms with Crippen LogP contribution in [0.5, 0.6) is 0 Å². The lowest BCUT2D eigenvalue weighted by Crippen LogP contribution is -2.35. The van der Waals surface area contributed by atoms with E-state index in [9.17, 15) is 0 Å². The first-order valence-corrected chi connectivity index (χ1v) is 6.73. The van der Waals surface area contributed by atoms with Crippen molar-refractivity contribution in [3.05, 3.63) is 0 Å². The predicted molar refractivity (Wildman–Crippen MR) is 65.1 cm³/mol. The molecule has 0 amide bonds. The molecule has 0 aromatic heterocycles. The molecule has 0 N–H and O–H groups in total. The van der Waals surface area contributed by atoms with Crippen LogP contribution >= 0.6 is 0 Å². The van der Waals surface area contributed by atoms with E-state index in [1.807, 2.05) is 0 Å². The zero-order chi connectivity index (χ0) is 11.2. The molecule has 0 saturated carbocycles. The van der Waals surface area contributed by atoms with Gasteiger partial charge < -0.3 is 4.90 Å². The summed E-state index contributed by atoms with van der Waals surface area (Å²) in [6, 6.07) is 3.05. The Bertz CT molecular complexity index is 240. The molecule has 2 aliphatic heterocycles. The number of nitrogens with zero attached hydrogens (tertiary/aromatic N) is 3. The molecule has 0 bridgehead atoms. The van der Waals surface area contributed by atoms with Crippen LogP contribution in [0.4, 0.5) is 0 Å². The van der Waals surface area contributed by atoms with Gasteiger partial charge in [0.1, 0.15) is 0 Å². The van der Waals surface area contributed by atoms with E-state index in [2.05, 4.69) is 15.9 Å². The first kappa shape index (κ1) is 11.9. The summed E-state index contributed by atoms with van der Waals surface area (Å²) in [5.41, 5.74) is 0. The predicted octanol–water partition coefficient (Wildman–Crippen LogP) is 1.85. The summed E-state index contributed by atoms with van der Waals surface area (Å²) >= 11 is 0. The lowest BCUT2D eigenvalue weighted by Gasteiger charge is -2.23. The molecule has 3 nitrogen and oxygen atoms in total. The quantitative estimate of drug-likeness (QED) is 0.664. The Kier molecular flexibility index (Phi) is 4.62. The molecule has 90 valence electrons. The summed E-state index contributed by atoms with van der Waals surface area (Å²) in [5, 5.41) is 8.47. The Morgan fingerprint density at radius 3 is 2.69 bits per heavy atom. The first-order chi connectivity index (χ1) is 7.90. The van der Waals surface area contributed by atoms with E-state index >= 15 is 0 Å². The van der Waals surface area contributed by atoms with Crippen LogP contribution in [0.1, 0.15) is 38.5 Å². The van der Waals surface area contributed by atoms with Crippen LogP contribution in [0.3, 0.4) is 0 Å². The Morgan fingerprint density at radius 2 is 1.94 bits per heavy atom. The van der Waals surface area contributed by atoms with Crippen molar-refractivity contribution < 1.29 is 0 Å². The molecular weight excluding hydrogens is 198 g/mol. The standard InChI is InChI=1S/C13H23N3/c14-7-2-1-3-8-15-11-6-13(12-15)16-9-4-5-10-16/h13H,1-6,8-12H2. The van der Waals surface area contributed by atoms with E-state index in [-0.39, 0.29) is 0 Å². The number of hydrogen-bond acceptors (Lipinski definition) is 3. The van der Waals surface area contributed by atoms with Gasteiger partial charge in [-0.05, 0) is 58.3 Å². The smallest absolute Gasteiger partial charge is 0.0621 e. The highest BCUT2D eigenvalue weighted by atomic mass is 15.3. The molecule has 0 aliphatic carbocycles. The van der Waals surface area contributed by atoms with Gasteiger partial charge in [-0.2, -0.15) is 5.26 Å². The van der Waals surface area contributed by atoms with Crippen molar-refractivity contribution in [2.24, 2.45) is 0 Å². The van der Waals surface area contributed by atoms with Gasteiger partial charge in [0.25, 0.3) is 0 Å². The zero-order valence-electron chi connectivity index (χ0n) is 10.2. The number of likely N-dealkylation sites (tertiary alicyclic amines) is 2. The molecule has 1 unspecified atom stereocenters. The summed E-state index contributed by atoms with van der Waals surface area (Å²) in [6.45, 7) is 6.40. The summed E-state index contributed by atoms with van der Waals surface area (Å²) in [6.07, 6.45) is 7.15. The maximum absolute atomic E-state index is 8.47. The molecule has 2 aliphatic rings. The molecule has 0 aromatic carbocycles. The molecular formula is C13H23N3. The molecule has 0 spiro atoms. The van der Waals surface area contributed by atoms with Gasteiger partial charge in [-0.1, -0.05) is 0 Å². The minimum atomic E-state index is 0.726. The largest absolute Gasteiger partial charge is 0.302 e. The highest BCUT2D eigenvalue weighted by molar-refractivity contribution is 4.85. The zero-order valence-corrected chi connectivity index (χ0v) is 10.2. The lowest BCUT2D eigenvalue weighted by atomic mass is 10.2. The monoisotopic (exact) mass is 221 g/mol. The minimum absolute atomic E-state index is 0.726. The van der Waals surface area contributed by atoms with Crippen molar-refractivity contribution in [3.63, 3.8) is 0 Å². The Labute approximate surface area is 99.0 Å². The number of nitriles is 1. The fourth-order valence-electron chi connectivity index (χ4n) is 2.96. The van der Waals surface area contributed by atoms with E-state index in [4.69, 9.17) is 5.26 Å². The molecule has 1 atom stereocenters. The average Bonchev–Trinajstić information content (AvgIpc) is 2.94. The van der Waals surface area contributed by atoms with Gasteiger partial charge in [0, 0.05) is 19.0 Å². The SMILES string of the molecule is N#CCCCCN1CCC(N2CCCC2)C1. The number of unbranched alkanes of at least 4 members (excludes halogenated alkanes) is 2. The summed E-state index contributed by atoms with van der Waals surface area (Å²) in [4.78, 5) is 5.26. The second-order valence-corrected chi connectivity index (χ2v) is 5.10. The van der Waals surface area contributed by atoms with Gasteiger partial charge in [-0.25, -0.2) is 0 Å². The Hall–Kier alpha value is -0.590. The summed E-state index contributed by atoms with van der Waals surface area (Å²) in [7, 11) is 0. The fraction of sp³-hybridized carbons (Fsp3) is 0.923. The van der Waals surface area contributed by atoms with E-state index in [0.29, 0.717) is 0 Å². The van der Waals surface area contributed by atoms with Gasteiger partial charge in [0.2, 0.25) is 0 Å². The third-order valence-electron chi connectivity index (χ3n) is 3.92. The van der Waals surface area contributed by atoms with Crippen molar-refractivity contribution in [2.45, 2.75) is 44.6 Å². The van der Waals surface area contributed by atoms with Crippen LogP contribution in [0, 0.1) is 11.3 Å². The van der Waals surface area contributed by atoms with Crippen LogP contribution < -0.4 is 0 Å². The topological polar surface area (TPSA) is 30.3 Å².